The standard InChI is InChI=1S/C28H25FN2O4/c29-19-9-17-5-8-31(15-20-10-16-3-1-2-4-23(16)35-20)24(17)21(11-19)25(32)30-28(6-7-28)22-14-27(26(33)34)12-18(22)13-27/h1-5,8-11,18,22H,6-7,12-15H2,(H,30,32)(H,33,34)/t18?,22-,27?/m1/s1. The molecule has 4 aliphatic carbocycles. The lowest BCUT2D eigenvalue weighted by Gasteiger charge is -2.35. The molecule has 2 aromatic heterocycles. The first kappa shape index (κ1) is 20.7. The lowest BCUT2D eigenvalue weighted by atomic mass is 9.69. The number of halogens is 1. The number of nitrogens with one attached hydrogen (secondary N) is 1. The van der Waals surface area contributed by atoms with Crippen LogP contribution in [0.3, 0.4) is 0 Å². The lowest BCUT2D eigenvalue weighted by Crippen LogP contribution is -2.44. The van der Waals surface area contributed by atoms with Gasteiger partial charge in [0, 0.05) is 22.5 Å². The van der Waals surface area contributed by atoms with Crippen molar-refractivity contribution in [2.24, 2.45) is 17.3 Å². The number of nitrogens with zero attached hydrogens (tertiary/aromatic N) is 1. The summed E-state index contributed by atoms with van der Waals surface area (Å²) < 4.78 is 22.4. The van der Waals surface area contributed by atoms with Crippen LogP contribution >= 0.6 is 0 Å². The van der Waals surface area contributed by atoms with Crippen LogP contribution in [0.15, 0.2) is 59.1 Å². The molecule has 4 aliphatic rings. The largest absolute Gasteiger partial charge is 0.481 e. The summed E-state index contributed by atoms with van der Waals surface area (Å²) in [5, 5.41) is 14.5. The van der Waals surface area contributed by atoms with Crippen molar-refractivity contribution in [1.82, 2.24) is 9.88 Å². The van der Waals surface area contributed by atoms with Gasteiger partial charge in [-0.1, -0.05) is 18.2 Å². The predicted molar refractivity (Wildman–Crippen MR) is 128 cm³/mol. The van der Waals surface area contributed by atoms with Crippen LogP contribution in [-0.2, 0) is 11.3 Å². The minimum absolute atomic E-state index is 0.175. The second-order valence-corrected chi connectivity index (χ2v) is 10.8. The molecule has 2 bridgehead atoms. The number of rotatable bonds is 6. The van der Waals surface area contributed by atoms with Crippen LogP contribution in [0.25, 0.3) is 21.9 Å². The van der Waals surface area contributed by atoms with Crippen molar-refractivity contribution in [2.45, 2.75) is 44.2 Å². The zero-order valence-electron chi connectivity index (χ0n) is 19.1. The van der Waals surface area contributed by atoms with Gasteiger partial charge < -0.3 is 19.4 Å². The predicted octanol–water partition coefficient (Wildman–Crippen LogP) is 5.34. The van der Waals surface area contributed by atoms with E-state index in [9.17, 15) is 19.1 Å². The van der Waals surface area contributed by atoms with Crippen LogP contribution in [0.1, 0.15) is 48.2 Å². The van der Waals surface area contributed by atoms with Crippen LogP contribution in [0.2, 0.25) is 0 Å². The average Bonchev–Trinajstić information content (AvgIpc) is 3.19. The third-order valence-electron chi connectivity index (χ3n) is 8.67. The number of carbonyl (C=O) groups excluding carboxylic acids is 1. The first-order valence-electron chi connectivity index (χ1n) is 12.2. The Bertz CT molecular complexity index is 1490. The summed E-state index contributed by atoms with van der Waals surface area (Å²) in [7, 11) is 0. The topological polar surface area (TPSA) is 84.5 Å². The monoisotopic (exact) mass is 472 g/mol. The molecule has 2 heterocycles. The Morgan fingerprint density at radius 3 is 2.60 bits per heavy atom. The molecule has 8 rings (SSSR count). The van der Waals surface area contributed by atoms with E-state index in [0.717, 1.165) is 29.6 Å². The van der Waals surface area contributed by atoms with Crippen molar-refractivity contribution in [3.63, 3.8) is 0 Å². The van der Waals surface area contributed by atoms with E-state index in [1.54, 1.807) is 0 Å². The maximum absolute atomic E-state index is 14.5. The first-order valence-corrected chi connectivity index (χ1v) is 12.2. The first-order chi connectivity index (χ1) is 16.9. The van der Waals surface area contributed by atoms with Crippen molar-refractivity contribution in [3.05, 3.63) is 71.9 Å². The number of hydrogen-bond acceptors (Lipinski definition) is 3. The van der Waals surface area contributed by atoms with Gasteiger partial charge in [0.15, 0.2) is 0 Å². The minimum atomic E-state index is -0.714. The van der Waals surface area contributed by atoms with E-state index in [1.807, 2.05) is 47.2 Å². The normalized spacial score (nSPS) is 26.1. The molecule has 0 aliphatic heterocycles. The van der Waals surface area contributed by atoms with Crippen molar-refractivity contribution in [1.29, 1.82) is 0 Å². The quantitative estimate of drug-likeness (QED) is 0.397. The second kappa shape index (κ2) is 6.97. The Morgan fingerprint density at radius 2 is 1.89 bits per heavy atom. The fourth-order valence-electron chi connectivity index (χ4n) is 6.81. The van der Waals surface area contributed by atoms with E-state index in [2.05, 4.69) is 5.32 Å². The zero-order chi connectivity index (χ0) is 23.9. The molecule has 2 aromatic carbocycles. The van der Waals surface area contributed by atoms with Gasteiger partial charge in [0.25, 0.3) is 5.91 Å². The third kappa shape index (κ3) is 3.07. The van der Waals surface area contributed by atoms with Gasteiger partial charge in [-0.3, -0.25) is 9.59 Å². The highest BCUT2D eigenvalue weighted by Gasteiger charge is 2.68. The molecule has 178 valence electrons. The third-order valence-corrected chi connectivity index (χ3v) is 8.67. The summed E-state index contributed by atoms with van der Waals surface area (Å²) in [5.41, 5.74) is 0.782. The number of carboxylic acid groups (broad SMARTS) is 1. The Labute approximate surface area is 200 Å². The van der Waals surface area contributed by atoms with Gasteiger partial charge in [0.1, 0.15) is 17.2 Å². The van der Waals surface area contributed by atoms with E-state index in [0.29, 0.717) is 48.2 Å². The van der Waals surface area contributed by atoms with E-state index >= 15 is 0 Å². The maximum Gasteiger partial charge on any atom is 0.309 e. The van der Waals surface area contributed by atoms with E-state index in [-0.39, 0.29) is 17.4 Å². The molecule has 0 saturated heterocycles. The van der Waals surface area contributed by atoms with E-state index < -0.39 is 17.2 Å². The molecular formula is C28H25FN2O4. The van der Waals surface area contributed by atoms with Gasteiger partial charge in [-0.25, -0.2) is 4.39 Å². The fraction of sp³-hybridized carbons (Fsp3) is 0.357. The SMILES string of the molecule is O=C(NC1([C@@H]2CC3(C(=O)O)CC2C3)CC1)c1cc(F)cc2ccn(Cc3cc4ccccc4o3)c12. The Balaban J connectivity index is 1.20. The number of aromatic nitrogens is 1. The number of aliphatic carboxylic acids is 1. The number of carbonyl (C=O) groups is 2. The highest BCUT2D eigenvalue weighted by atomic mass is 19.1. The summed E-state index contributed by atoms with van der Waals surface area (Å²) in [6.07, 6.45) is 5.56. The van der Waals surface area contributed by atoms with Gasteiger partial charge in [-0.05, 0) is 74.3 Å². The molecule has 0 radical (unpaired) electrons. The Kier molecular flexibility index (Phi) is 4.13. The molecular weight excluding hydrogens is 447 g/mol. The summed E-state index contributed by atoms with van der Waals surface area (Å²) in [6, 6.07) is 14.3. The van der Waals surface area contributed by atoms with E-state index in [4.69, 9.17) is 4.42 Å². The number of amides is 1. The molecule has 7 heteroatoms. The van der Waals surface area contributed by atoms with Gasteiger partial charge in [0.05, 0.1) is 23.0 Å². The number of para-hydroxylation sites is 1. The number of fused-ring (bicyclic) bond motifs is 3. The van der Waals surface area contributed by atoms with Gasteiger partial charge >= 0.3 is 5.97 Å². The summed E-state index contributed by atoms with van der Waals surface area (Å²) in [6.45, 7) is 0.418. The summed E-state index contributed by atoms with van der Waals surface area (Å²) >= 11 is 0. The van der Waals surface area contributed by atoms with Gasteiger partial charge in [-0.2, -0.15) is 0 Å². The van der Waals surface area contributed by atoms with Crippen molar-refractivity contribution < 1.29 is 23.5 Å². The highest BCUT2D eigenvalue weighted by Crippen LogP contribution is 2.68. The molecule has 1 atom stereocenters. The van der Waals surface area contributed by atoms with Crippen LogP contribution in [0.4, 0.5) is 4.39 Å². The molecule has 0 unspecified atom stereocenters. The summed E-state index contributed by atoms with van der Waals surface area (Å²) in [4.78, 5) is 25.3. The van der Waals surface area contributed by atoms with Crippen LogP contribution in [0.5, 0.6) is 0 Å². The highest BCUT2D eigenvalue weighted by molar-refractivity contribution is 6.06. The van der Waals surface area contributed by atoms with Crippen molar-refractivity contribution in [2.75, 3.05) is 0 Å². The zero-order valence-corrected chi connectivity index (χ0v) is 19.1. The number of carboxylic acids is 1. The van der Waals surface area contributed by atoms with Crippen LogP contribution < -0.4 is 5.32 Å². The van der Waals surface area contributed by atoms with Crippen molar-refractivity contribution in [3.8, 4) is 0 Å². The lowest BCUT2D eigenvalue weighted by molar-refractivity contribution is -0.153. The smallest absolute Gasteiger partial charge is 0.309 e. The molecule has 6 nitrogen and oxygen atoms in total. The van der Waals surface area contributed by atoms with Gasteiger partial charge in [-0.15, -0.1) is 0 Å². The molecule has 4 aromatic rings. The summed E-state index contributed by atoms with van der Waals surface area (Å²) in [5.74, 6) is -0.198. The Hall–Kier alpha value is -3.61. The molecule has 4 fully saturated rings. The van der Waals surface area contributed by atoms with Crippen LogP contribution in [-0.4, -0.2) is 27.1 Å². The fourth-order valence-corrected chi connectivity index (χ4v) is 6.81. The maximum atomic E-state index is 14.5. The average molecular weight is 473 g/mol. The molecule has 2 N–H and O–H groups in total. The molecule has 0 spiro atoms. The number of furan rings is 1. The molecule has 35 heavy (non-hydrogen) atoms. The Morgan fingerprint density at radius 1 is 1.09 bits per heavy atom. The van der Waals surface area contributed by atoms with Crippen molar-refractivity contribution >= 4 is 33.7 Å². The van der Waals surface area contributed by atoms with E-state index in [1.165, 1.54) is 12.1 Å². The molecule has 1 amide bonds. The molecule has 4 saturated carbocycles. The number of benzene rings is 2. The number of hydrogen-bond donors (Lipinski definition) is 2. The van der Waals surface area contributed by atoms with Gasteiger partial charge in [0.2, 0.25) is 0 Å². The van der Waals surface area contributed by atoms with Crippen LogP contribution in [0, 0.1) is 23.1 Å². The second-order valence-electron chi connectivity index (χ2n) is 10.8. The minimum Gasteiger partial charge on any atom is -0.481 e.